The molecule has 0 saturated heterocycles. The first-order valence-corrected chi connectivity index (χ1v) is 8.73. The van der Waals surface area contributed by atoms with Crippen molar-refractivity contribution in [3.63, 3.8) is 0 Å². The summed E-state index contributed by atoms with van der Waals surface area (Å²) in [5, 5.41) is 9.03. The van der Waals surface area contributed by atoms with Gasteiger partial charge in [-0.05, 0) is 47.0 Å². The molecule has 0 radical (unpaired) electrons. The van der Waals surface area contributed by atoms with Crippen LogP contribution in [0.25, 0.3) is 0 Å². The van der Waals surface area contributed by atoms with Gasteiger partial charge in [0.25, 0.3) is 0 Å². The van der Waals surface area contributed by atoms with Crippen LogP contribution >= 0.6 is 15.9 Å². The number of aromatic carboxylic acids is 1. The molecule has 7 heteroatoms. The first-order chi connectivity index (χ1) is 9.40. The highest BCUT2D eigenvalue weighted by Gasteiger charge is 2.23. The fourth-order valence-corrected chi connectivity index (χ4v) is 4.09. The van der Waals surface area contributed by atoms with Crippen molar-refractivity contribution in [2.24, 2.45) is 0 Å². The van der Waals surface area contributed by atoms with Gasteiger partial charge >= 0.3 is 5.97 Å². The molecule has 110 valence electrons. The van der Waals surface area contributed by atoms with E-state index in [0.29, 0.717) is 4.47 Å². The number of carboxylic acids is 1. The summed E-state index contributed by atoms with van der Waals surface area (Å²) in [6.45, 7) is 0. The summed E-state index contributed by atoms with van der Waals surface area (Å²) >= 11 is 3.10. The third kappa shape index (κ3) is 3.59. The Hall–Kier alpha value is -0.920. The second-order valence-electron chi connectivity index (χ2n) is 4.90. The number of nitrogens with one attached hydrogen (secondary N) is 1. The predicted molar refractivity (Wildman–Crippen MR) is 78.3 cm³/mol. The van der Waals surface area contributed by atoms with Gasteiger partial charge in [-0.2, -0.15) is 0 Å². The Bertz CT molecular complexity index is 609. The molecular formula is C13H16BrNO4S. The minimum atomic E-state index is -3.67. The van der Waals surface area contributed by atoms with E-state index in [1.807, 2.05) is 0 Å². The zero-order valence-electron chi connectivity index (χ0n) is 10.8. The summed E-state index contributed by atoms with van der Waals surface area (Å²) in [7, 11) is -3.67. The van der Waals surface area contributed by atoms with E-state index in [2.05, 4.69) is 20.7 Å². The molecule has 1 aromatic rings. The summed E-state index contributed by atoms with van der Waals surface area (Å²) < 4.78 is 27.6. The fourth-order valence-electron chi connectivity index (χ4n) is 2.34. The average molecular weight is 362 g/mol. The van der Waals surface area contributed by atoms with Crippen molar-refractivity contribution in [1.82, 2.24) is 4.72 Å². The van der Waals surface area contributed by atoms with Crippen molar-refractivity contribution in [2.75, 3.05) is 0 Å². The van der Waals surface area contributed by atoms with Gasteiger partial charge in [-0.3, -0.25) is 0 Å². The Morgan fingerprint density at radius 1 is 1.25 bits per heavy atom. The molecule has 0 spiro atoms. The number of carboxylic acid groups (broad SMARTS) is 1. The van der Waals surface area contributed by atoms with Crippen LogP contribution in [-0.2, 0) is 10.0 Å². The Labute approximate surface area is 126 Å². The minimum Gasteiger partial charge on any atom is -0.478 e. The van der Waals surface area contributed by atoms with Crippen LogP contribution in [0, 0.1) is 0 Å². The minimum absolute atomic E-state index is 0.0105. The highest BCUT2D eigenvalue weighted by molar-refractivity contribution is 9.10. The van der Waals surface area contributed by atoms with Crippen LogP contribution in [0.3, 0.4) is 0 Å². The van der Waals surface area contributed by atoms with Crippen LogP contribution in [0.15, 0.2) is 27.6 Å². The van der Waals surface area contributed by atoms with Gasteiger partial charge in [0.1, 0.15) is 0 Å². The maximum atomic E-state index is 12.3. The largest absolute Gasteiger partial charge is 0.478 e. The maximum absolute atomic E-state index is 12.3. The molecule has 2 N–H and O–H groups in total. The Kier molecular flexibility index (Phi) is 4.82. The first-order valence-electron chi connectivity index (χ1n) is 6.45. The SMILES string of the molecule is O=C(O)c1cc(S(=O)(=O)NC2CCCCC2)ccc1Br. The van der Waals surface area contributed by atoms with Crippen LogP contribution in [0.2, 0.25) is 0 Å². The molecule has 1 aliphatic rings. The molecule has 1 aliphatic carbocycles. The van der Waals surface area contributed by atoms with Gasteiger partial charge in [-0.15, -0.1) is 0 Å². The Morgan fingerprint density at radius 2 is 1.90 bits per heavy atom. The lowest BCUT2D eigenvalue weighted by atomic mass is 9.96. The standard InChI is InChI=1S/C13H16BrNO4S/c14-12-7-6-10(8-11(12)13(16)17)20(18,19)15-9-4-2-1-3-5-9/h6-9,15H,1-5H2,(H,16,17). The van der Waals surface area contributed by atoms with E-state index < -0.39 is 16.0 Å². The van der Waals surface area contributed by atoms with Crippen molar-refractivity contribution in [1.29, 1.82) is 0 Å². The predicted octanol–water partition coefficient (Wildman–Crippen LogP) is 2.76. The van der Waals surface area contributed by atoms with Crippen LogP contribution in [0.5, 0.6) is 0 Å². The zero-order chi connectivity index (χ0) is 14.8. The summed E-state index contributed by atoms with van der Waals surface area (Å²) in [5.74, 6) is -1.16. The Balaban J connectivity index is 2.24. The number of halogens is 1. The molecule has 0 aromatic heterocycles. The Morgan fingerprint density at radius 3 is 2.50 bits per heavy atom. The summed E-state index contributed by atoms with van der Waals surface area (Å²) in [6, 6.07) is 3.98. The highest BCUT2D eigenvalue weighted by Crippen LogP contribution is 2.23. The summed E-state index contributed by atoms with van der Waals surface area (Å²) in [5.41, 5.74) is -0.0588. The highest BCUT2D eigenvalue weighted by atomic mass is 79.9. The van der Waals surface area contributed by atoms with Gasteiger partial charge in [-0.25, -0.2) is 17.9 Å². The number of sulfonamides is 1. The molecule has 0 amide bonds. The average Bonchev–Trinajstić information content (AvgIpc) is 2.39. The van der Waals surface area contributed by atoms with Crippen LogP contribution in [0.4, 0.5) is 0 Å². The van der Waals surface area contributed by atoms with Gasteiger partial charge in [0.05, 0.1) is 10.5 Å². The molecule has 1 aromatic carbocycles. The first kappa shape index (κ1) is 15.5. The second kappa shape index (κ2) is 6.24. The van der Waals surface area contributed by atoms with Crippen molar-refractivity contribution < 1.29 is 18.3 Å². The molecule has 0 aliphatic heterocycles. The van der Waals surface area contributed by atoms with Gasteiger partial charge in [0.2, 0.25) is 10.0 Å². The molecule has 1 fully saturated rings. The molecule has 0 atom stereocenters. The number of rotatable bonds is 4. The normalized spacial score (nSPS) is 17.1. The van der Waals surface area contributed by atoms with E-state index in [-0.39, 0.29) is 16.5 Å². The molecule has 0 unspecified atom stereocenters. The maximum Gasteiger partial charge on any atom is 0.336 e. The molecule has 5 nitrogen and oxygen atoms in total. The van der Waals surface area contributed by atoms with Gasteiger partial charge < -0.3 is 5.11 Å². The monoisotopic (exact) mass is 361 g/mol. The second-order valence-corrected chi connectivity index (χ2v) is 7.47. The van der Waals surface area contributed by atoms with Crippen LogP contribution < -0.4 is 4.72 Å². The number of hydrogen-bond donors (Lipinski definition) is 2. The van der Waals surface area contributed by atoms with E-state index in [0.717, 1.165) is 32.1 Å². The van der Waals surface area contributed by atoms with Crippen LogP contribution in [-0.4, -0.2) is 25.5 Å². The molecular weight excluding hydrogens is 346 g/mol. The van der Waals surface area contributed by atoms with E-state index in [4.69, 9.17) is 5.11 Å². The molecule has 0 bridgehead atoms. The van der Waals surface area contributed by atoms with E-state index >= 15 is 0 Å². The van der Waals surface area contributed by atoms with E-state index in [1.54, 1.807) is 0 Å². The lowest BCUT2D eigenvalue weighted by Crippen LogP contribution is -2.36. The molecule has 1 saturated carbocycles. The number of carbonyl (C=O) groups is 1. The smallest absolute Gasteiger partial charge is 0.336 e. The third-order valence-electron chi connectivity index (χ3n) is 3.41. The lowest BCUT2D eigenvalue weighted by Gasteiger charge is -2.22. The van der Waals surface area contributed by atoms with E-state index in [9.17, 15) is 13.2 Å². The molecule has 2 rings (SSSR count). The topological polar surface area (TPSA) is 83.5 Å². The van der Waals surface area contributed by atoms with Crippen molar-refractivity contribution >= 4 is 31.9 Å². The molecule has 20 heavy (non-hydrogen) atoms. The summed E-state index contributed by atoms with van der Waals surface area (Å²) in [4.78, 5) is 11.0. The number of benzene rings is 1. The number of hydrogen-bond acceptors (Lipinski definition) is 3. The van der Waals surface area contributed by atoms with Gasteiger partial charge in [0.15, 0.2) is 0 Å². The van der Waals surface area contributed by atoms with Gasteiger partial charge in [-0.1, -0.05) is 19.3 Å². The van der Waals surface area contributed by atoms with Crippen molar-refractivity contribution in [2.45, 2.75) is 43.0 Å². The van der Waals surface area contributed by atoms with E-state index in [1.165, 1.54) is 18.2 Å². The van der Waals surface area contributed by atoms with Crippen molar-refractivity contribution in [3.05, 3.63) is 28.2 Å². The molecule has 0 heterocycles. The van der Waals surface area contributed by atoms with Crippen molar-refractivity contribution in [3.8, 4) is 0 Å². The fraction of sp³-hybridized carbons (Fsp3) is 0.462. The third-order valence-corrected chi connectivity index (χ3v) is 5.62. The van der Waals surface area contributed by atoms with Gasteiger partial charge in [0, 0.05) is 10.5 Å². The lowest BCUT2D eigenvalue weighted by molar-refractivity contribution is 0.0695. The summed E-state index contributed by atoms with van der Waals surface area (Å²) in [6.07, 6.45) is 4.85. The zero-order valence-corrected chi connectivity index (χ0v) is 13.2. The quantitative estimate of drug-likeness (QED) is 0.863. The van der Waals surface area contributed by atoms with Crippen LogP contribution in [0.1, 0.15) is 42.5 Å².